The lowest BCUT2D eigenvalue weighted by Crippen LogP contribution is -2.28. The van der Waals surface area contributed by atoms with E-state index >= 15 is 0 Å². The lowest BCUT2D eigenvalue weighted by molar-refractivity contribution is 0.0208. The van der Waals surface area contributed by atoms with Gasteiger partial charge in [0.15, 0.2) is 0 Å². The van der Waals surface area contributed by atoms with E-state index in [-0.39, 0.29) is 24.0 Å². The summed E-state index contributed by atoms with van der Waals surface area (Å²) in [6.45, 7) is 12.3. The van der Waals surface area contributed by atoms with Crippen LogP contribution in [0.1, 0.15) is 41.5 Å². The summed E-state index contributed by atoms with van der Waals surface area (Å²) in [6, 6.07) is 0. The molecule has 0 spiro atoms. The van der Waals surface area contributed by atoms with Crippen molar-refractivity contribution in [3.63, 3.8) is 0 Å². The van der Waals surface area contributed by atoms with Crippen LogP contribution in [0, 0.1) is 5.92 Å². The van der Waals surface area contributed by atoms with E-state index in [0.717, 1.165) is 0 Å². The summed E-state index contributed by atoms with van der Waals surface area (Å²) >= 11 is 0. The fourth-order valence-electron chi connectivity index (χ4n) is 1.47. The minimum Gasteiger partial charge on any atom is -0.380 e. The van der Waals surface area contributed by atoms with Crippen LogP contribution in [0.4, 0.5) is 4.39 Å². The lowest BCUT2D eigenvalue weighted by atomic mass is 10.2. The zero-order valence-electron chi connectivity index (χ0n) is 11.9. The number of rotatable bonds is 7. The summed E-state index contributed by atoms with van der Waals surface area (Å²) < 4.78 is 19.3. The number of hydrogen-bond acceptors (Lipinski definition) is 2. The van der Waals surface area contributed by atoms with Gasteiger partial charge in [-0.15, -0.1) is 0 Å². The van der Waals surface area contributed by atoms with E-state index in [1.165, 1.54) is 0 Å². The third-order valence-corrected chi connectivity index (χ3v) is 2.11. The van der Waals surface area contributed by atoms with Crippen LogP contribution in [-0.4, -0.2) is 18.8 Å². The Kier molecular flexibility index (Phi) is 7.88. The lowest BCUT2D eigenvalue weighted by Gasteiger charge is -2.18. The molecule has 0 aromatic carbocycles. The van der Waals surface area contributed by atoms with E-state index < -0.39 is 0 Å². The molecule has 1 atom stereocenters. The number of nitrogens with one attached hydrogen (secondary N) is 1. The van der Waals surface area contributed by atoms with Gasteiger partial charge >= 0.3 is 0 Å². The van der Waals surface area contributed by atoms with E-state index in [0.29, 0.717) is 12.2 Å². The van der Waals surface area contributed by atoms with Gasteiger partial charge in [0.2, 0.25) is 0 Å². The van der Waals surface area contributed by atoms with Crippen molar-refractivity contribution >= 4 is 0 Å². The Hall–Kier alpha value is -0.830. The van der Waals surface area contributed by atoms with Crippen LogP contribution in [0.2, 0.25) is 0 Å². The molecule has 1 N–H and O–H groups in total. The summed E-state index contributed by atoms with van der Waals surface area (Å²) in [5.41, 5.74) is 0.540. The molecular weight excluding hydrogens is 217 g/mol. The Morgan fingerprint density at radius 2 is 1.82 bits per heavy atom. The predicted octanol–water partition coefficient (Wildman–Crippen LogP) is 3.80. The predicted molar refractivity (Wildman–Crippen MR) is 71.5 cm³/mol. The molecule has 3 heteroatoms. The molecule has 0 aliphatic rings. The quantitative estimate of drug-likeness (QED) is 0.687. The van der Waals surface area contributed by atoms with Crippen molar-refractivity contribution in [3.8, 4) is 0 Å². The molecule has 0 aliphatic carbocycles. The second kappa shape index (κ2) is 8.29. The molecule has 0 amide bonds. The van der Waals surface area contributed by atoms with Gasteiger partial charge in [-0.05, 0) is 39.7 Å². The van der Waals surface area contributed by atoms with E-state index in [4.69, 9.17) is 4.74 Å². The number of ether oxygens (including phenoxy) is 1. The van der Waals surface area contributed by atoms with Crippen LogP contribution in [0.5, 0.6) is 0 Å². The molecule has 0 saturated carbocycles. The molecule has 0 aromatic rings. The minimum atomic E-state index is -0.195. The Morgan fingerprint density at radius 3 is 2.24 bits per heavy atom. The normalized spacial score (nSPS) is 15.6. The van der Waals surface area contributed by atoms with Gasteiger partial charge in [-0.1, -0.05) is 19.9 Å². The zero-order chi connectivity index (χ0) is 13.4. The van der Waals surface area contributed by atoms with Gasteiger partial charge in [0, 0.05) is 6.54 Å². The number of allylic oxidation sites excluding steroid dienone is 3. The summed E-state index contributed by atoms with van der Waals surface area (Å²) in [5.74, 6) is 0.00957. The fraction of sp³-hybridized carbons (Fsp3) is 0.714. The molecule has 2 nitrogen and oxygen atoms in total. The third-order valence-electron chi connectivity index (χ3n) is 2.11. The van der Waals surface area contributed by atoms with Gasteiger partial charge in [0.1, 0.15) is 5.83 Å². The zero-order valence-corrected chi connectivity index (χ0v) is 11.9. The van der Waals surface area contributed by atoms with Crippen molar-refractivity contribution in [1.82, 2.24) is 5.32 Å². The van der Waals surface area contributed by atoms with Gasteiger partial charge in [0.25, 0.3) is 0 Å². The smallest absolute Gasteiger partial charge is 0.142 e. The average molecular weight is 243 g/mol. The topological polar surface area (TPSA) is 21.3 Å². The van der Waals surface area contributed by atoms with Crippen LogP contribution >= 0.6 is 0 Å². The maximum absolute atomic E-state index is 13.7. The van der Waals surface area contributed by atoms with Crippen molar-refractivity contribution in [2.24, 2.45) is 5.92 Å². The first-order valence-electron chi connectivity index (χ1n) is 6.30. The second-order valence-corrected chi connectivity index (χ2v) is 4.84. The molecule has 0 radical (unpaired) electrons. The summed E-state index contributed by atoms with van der Waals surface area (Å²) in [7, 11) is 0. The highest BCUT2D eigenvalue weighted by Gasteiger charge is 2.08. The Balaban J connectivity index is 4.25. The number of hydrogen-bond donors (Lipinski definition) is 1. The van der Waals surface area contributed by atoms with Crippen LogP contribution < -0.4 is 5.32 Å². The fourth-order valence-corrected chi connectivity index (χ4v) is 1.47. The highest BCUT2D eigenvalue weighted by Crippen LogP contribution is 2.12. The monoisotopic (exact) mass is 243 g/mol. The SMILES string of the molecule is C/C=C(NCC(C)OC(C)C)\C(F)=C/C(C)C. The molecule has 0 saturated heterocycles. The maximum Gasteiger partial charge on any atom is 0.142 e. The molecule has 0 aliphatic heterocycles. The minimum absolute atomic E-state index is 0.0665. The summed E-state index contributed by atoms with van der Waals surface area (Å²) in [6.07, 6.45) is 3.61. The van der Waals surface area contributed by atoms with Gasteiger partial charge < -0.3 is 10.1 Å². The Morgan fingerprint density at radius 1 is 1.24 bits per heavy atom. The van der Waals surface area contributed by atoms with E-state index in [1.54, 1.807) is 12.2 Å². The third kappa shape index (κ3) is 7.97. The van der Waals surface area contributed by atoms with Gasteiger partial charge in [0.05, 0.1) is 17.9 Å². The van der Waals surface area contributed by atoms with Crippen molar-refractivity contribution in [1.29, 1.82) is 0 Å². The van der Waals surface area contributed by atoms with Crippen molar-refractivity contribution in [2.75, 3.05) is 6.54 Å². The molecule has 17 heavy (non-hydrogen) atoms. The van der Waals surface area contributed by atoms with Gasteiger partial charge in [-0.25, -0.2) is 4.39 Å². The summed E-state index contributed by atoms with van der Waals surface area (Å²) in [4.78, 5) is 0. The number of halogens is 1. The first-order valence-corrected chi connectivity index (χ1v) is 6.30. The van der Waals surface area contributed by atoms with Crippen LogP contribution in [0.25, 0.3) is 0 Å². The van der Waals surface area contributed by atoms with E-state index in [9.17, 15) is 4.39 Å². The summed E-state index contributed by atoms with van der Waals surface area (Å²) in [5, 5.41) is 3.07. The average Bonchev–Trinajstić information content (AvgIpc) is 2.16. The van der Waals surface area contributed by atoms with E-state index in [2.05, 4.69) is 5.32 Å². The molecule has 0 fully saturated rings. The molecular formula is C14H26FNO. The van der Waals surface area contributed by atoms with Crippen molar-refractivity contribution in [2.45, 2.75) is 53.8 Å². The molecule has 0 heterocycles. The second-order valence-electron chi connectivity index (χ2n) is 4.84. The van der Waals surface area contributed by atoms with Crippen LogP contribution in [0.3, 0.4) is 0 Å². The maximum atomic E-state index is 13.7. The van der Waals surface area contributed by atoms with Crippen molar-refractivity contribution < 1.29 is 9.13 Å². The molecule has 100 valence electrons. The van der Waals surface area contributed by atoms with Gasteiger partial charge in [-0.2, -0.15) is 0 Å². The van der Waals surface area contributed by atoms with Crippen LogP contribution in [0.15, 0.2) is 23.7 Å². The van der Waals surface area contributed by atoms with Crippen LogP contribution in [-0.2, 0) is 4.74 Å². The van der Waals surface area contributed by atoms with E-state index in [1.807, 2.05) is 41.5 Å². The molecule has 1 unspecified atom stereocenters. The Bertz CT molecular complexity index is 269. The highest BCUT2D eigenvalue weighted by molar-refractivity contribution is 5.23. The first kappa shape index (κ1) is 16.2. The standard InChI is InChI=1S/C14H26FNO/c1-7-14(13(15)8-10(2)3)16-9-12(6)17-11(4)5/h7-8,10-12,16H,9H2,1-6H3/b13-8+,14-7+. The van der Waals surface area contributed by atoms with Crippen molar-refractivity contribution in [3.05, 3.63) is 23.7 Å². The van der Waals surface area contributed by atoms with Gasteiger partial charge in [-0.3, -0.25) is 0 Å². The molecule has 0 rings (SSSR count). The Labute approximate surface area is 105 Å². The largest absolute Gasteiger partial charge is 0.380 e. The molecule has 0 bridgehead atoms. The first-order chi connectivity index (χ1) is 7.86. The molecule has 0 aromatic heterocycles. The highest BCUT2D eigenvalue weighted by atomic mass is 19.1.